The van der Waals surface area contributed by atoms with Crippen LogP contribution in [0.2, 0.25) is 0 Å². The highest BCUT2D eigenvalue weighted by Crippen LogP contribution is 2.20. The van der Waals surface area contributed by atoms with Crippen molar-refractivity contribution in [2.24, 2.45) is 0 Å². The van der Waals surface area contributed by atoms with Crippen molar-refractivity contribution < 1.29 is 4.79 Å². The number of amides is 1. The predicted molar refractivity (Wildman–Crippen MR) is 117 cm³/mol. The first-order valence-electron chi connectivity index (χ1n) is 9.90. The molecule has 1 N–H and O–H groups in total. The number of carbonyl (C=O) groups is 1. The van der Waals surface area contributed by atoms with Gasteiger partial charge in [0.25, 0.3) is 5.56 Å². The Balaban J connectivity index is 1.57. The second-order valence-electron chi connectivity index (χ2n) is 7.26. The van der Waals surface area contributed by atoms with Gasteiger partial charge in [0.15, 0.2) is 0 Å². The lowest BCUT2D eigenvalue weighted by molar-refractivity contribution is -0.120. The first kappa shape index (κ1) is 21.0. The summed E-state index contributed by atoms with van der Waals surface area (Å²) in [6, 6.07) is 11.8. The number of aromatic nitrogens is 3. The van der Waals surface area contributed by atoms with Crippen molar-refractivity contribution in [2.45, 2.75) is 45.6 Å². The van der Waals surface area contributed by atoms with Crippen LogP contribution in [0.15, 0.2) is 41.2 Å². The number of hydrogen-bond donors (Lipinski definition) is 1. The average Bonchev–Trinajstić information content (AvgIpc) is 3.12. The van der Waals surface area contributed by atoms with Gasteiger partial charge >= 0.3 is 0 Å². The third-order valence-electron chi connectivity index (χ3n) is 4.62. The predicted octanol–water partition coefficient (Wildman–Crippen LogP) is 2.68. The Morgan fingerprint density at radius 2 is 2.03 bits per heavy atom. The summed E-state index contributed by atoms with van der Waals surface area (Å²) < 4.78 is 1.30. The number of anilines is 1. The minimum Gasteiger partial charge on any atom is -0.352 e. The summed E-state index contributed by atoms with van der Waals surface area (Å²) in [7, 11) is 1.80. The fourth-order valence-electron chi connectivity index (χ4n) is 3.09. The zero-order valence-electron chi connectivity index (χ0n) is 17.1. The summed E-state index contributed by atoms with van der Waals surface area (Å²) in [6.07, 6.45) is 3.49. The molecule has 0 unspecified atom stereocenters. The lowest BCUT2D eigenvalue weighted by Gasteiger charge is -2.18. The van der Waals surface area contributed by atoms with E-state index in [9.17, 15) is 9.59 Å². The maximum Gasteiger partial charge on any atom is 0.275 e. The van der Waals surface area contributed by atoms with E-state index in [-0.39, 0.29) is 24.1 Å². The SMILES string of the molecule is CCCc1cc(=O)n2nc(N(C)CC(=O)N[C@@H](C)CCc3ccccc3)sc2n1. The van der Waals surface area contributed by atoms with Gasteiger partial charge < -0.3 is 10.2 Å². The molecule has 2 heterocycles. The maximum absolute atomic E-state index is 12.4. The molecule has 7 nitrogen and oxygen atoms in total. The molecule has 0 bridgehead atoms. The highest BCUT2D eigenvalue weighted by atomic mass is 32.1. The lowest BCUT2D eigenvalue weighted by Crippen LogP contribution is -2.40. The van der Waals surface area contributed by atoms with E-state index in [1.54, 1.807) is 11.9 Å². The van der Waals surface area contributed by atoms with E-state index < -0.39 is 0 Å². The van der Waals surface area contributed by atoms with Crippen LogP contribution in [0.3, 0.4) is 0 Å². The standard InChI is InChI=1S/C21H27N5O2S/c1-4-8-17-13-19(28)26-20(23-17)29-21(24-26)25(3)14-18(27)22-15(2)11-12-16-9-6-5-7-10-16/h5-7,9-10,13,15H,4,8,11-12,14H2,1-3H3,(H,22,27)/t15-/m0/s1. The van der Waals surface area contributed by atoms with Gasteiger partial charge in [-0.15, -0.1) is 5.10 Å². The molecule has 0 radical (unpaired) electrons. The van der Waals surface area contributed by atoms with Gasteiger partial charge in [0.05, 0.1) is 6.54 Å². The molecule has 0 aliphatic heterocycles. The van der Waals surface area contributed by atoms with Crippen LogP contribution in [0.4, 0.5) is 5.13 Å². The summed E-state index contributed by atoms with van der Waals surface area (Å²) in [6.45, 7) is 4.23. The van der Waals surface area contributed by atoms with Crippen molar-refractivity contribution in [2.75, 3.05) is 18.5 Å². The second kappa shape index (κ2) is 9.65. The molecule has 29 heavy (non-hydrogen) atoms. The Labute approximate surface area is 174 Å². The quantitative estimate of drug-likeness (QED) is 0.583. The van der Waals surface area contributed by atoms with Crippen LogP contribution in [0.1, 0.15) is 37.9 Å². The van der Waals surface area contributed by atoms with Crippen LogP contribution in [0, 0.1) is 0 Å². The normalized spacial score (nSPS) is 12.1. The Kier molecular flexibility index (Phi) is 6.98. The first-order chi connectivity index (χ1) is 14.0. The van der Waals surface area contributed by atoms with Crippen molar-refractivity contribution in [3.05, 3.63) is 58.0 Å². The minimum absolute atomic E-state index is 0.0701. The Bertz CT molecular complexity index is 1010. The number of rotatable bonds is 9. The number of nitrogens with one attached hydrogen (secondary N) is 1. The first-order valence-corrected chi connectivity index (χ1v) is 10.7. The van der Waals surface area contributed by atoms with E-state index in [1.807, 2.05) is 25.1 Å². The number of aryl methyl sites for hydroxylation is 2. The smallest absolute Gasteiger partial charge is 0.275 e. The molecule has 3 rings (SSSR count). The molecule has 0 spiro atoms. The van der Waals surface area contributed by atoms with Gasteiger partial charge in [-0.3, -0.25) is 9.59 Å². The van der Waals surface area contributed by atoms with Crippen molar-refractivity contribution in [1.82, 2.24) is 19.9 Å². The molecule has 0 aliphatic rings. The third-order valence-corrected chi connectivity index (χ3v) is 5.64. The number of hydrogen-bond acceptors (Lipinski definition) is 6. The monoisotopic (exact) mass is 413 g/mol. The maximum atomic E-state index is 12.4. The van der Waals surface area contributed by atoms with Crippen LogP contribution in [-0.2, 0) is 17.6 Å². The van der Waals surface area contributed by atoms with E-state index in [0.717, 1.165) is 31.4 Å². The van der Waals surface area contributed by atoms with Gasteiger partial charge in [-0.25, -0.2) is 4.98 Å². The molecule has 1 amide bonds. The highest BCUT2D eigenvalue weighted by Gasteiger charge is 2.16. The summed E-state index contributed by atoms with van der Waals surface area (Å²) in [4.78, 5) is 31.4. The zero-order chi connectivity index (χ0) is 20.8. The van der Waals surface area contributed by atoms with Gasteiger partial charge in [-0.2, -0.15) is 4.52 Å². The van der Waals surface area contributed by atoms with Crippen molar-refractivity contribution in [3.63, 3.8) is 0 Å². The van der Waals surface area contributed by atoms with Gasteiger partial charge in [0.2, 0.25) is 16.0 Å². The summed E-state index contributed by atoms with van der Waals surface area (Å²) in [5.41, 5.74) is 1.86. The van der Waals surface area contributed by atoms with Gasteiger partial charge in [0, 0.05) is 24.8 Å². The lowest BCUT2D eigenvalue weighted by atomic mass is 10.1. The van der Waals surface area contributed by atoms with Crippen molar-refractivity contribution >= 4 is 27.3 Å². The zero-order valence-corrected chi connectivity index (χ0v) is 17.9. The van der Waals surface area contributed by atoms with Crippen LogP contribution >= 0.6 is 11.3 Å². The molecule has 0 aliphatic carbocycles. The van der Waals surface area contributed by atoms with E-state index in [4.69, 9.17) is 0 Å². The summed E-state index contributed by atoms with van der Waals surface area (Å²) >= 11 is 1.31. The molecule has 3 aromatic rings. The number of carbonyl (C=O) groups excluding carboxylic acids is 1. The number of likely N-dealkylation sites (N-methyl/N-ethyl adjacent to an activating group) is 1. The molecule has 2 aromatic heterocycles. The Morgan fingerprint density at radius 3 is 2.76 bits per heavy atom. The van der Waals surface area contributed by atoms with Crippen LogP contribution in [0.25, 0.3) is 4.96 Å². The molecule has 0 fully saturated rings. The molecule has 0 saturated heterocycles. The van der Waals surface area contributed by atoms with Crippen LogP contribution < -0.4 is 15.8 Å². The Hall–Kier alpha value is -2.74. The van der Waals surface area contributed by atoms with E-state index in [0.29, 0.717) is 10.1 Å². The van der Waals surface area contributed by atoms with Crippen LogP contribution in [-0.4, -0.2) is 40.1 Å². The highest BCUT2D eigenvalue weighted by molar-refractivity contribution is 7.20. The largest absolute Gasteiger partial charge is 0.352 e. The molecular weight excluding hydrogens is 386 g/mol. The summed E-state index contributed by atoms with van der Waals surface area (Å²) in [5.74, 6) is -0.0701. The van der Waals surface area contributed by atoms with E-state index in [1.165, 1.54) is 27.5 Å². The Morgan fingerprint density at radius 1 is 1.28 bits per heavy atom. The van der Waals surface area contributed by atoms with Crippen molar-refractivity contribution in [3.8, 4) is 0 Å². The average molecular weight is 414 g/mol. The molecular formula is C21H27N5O2S. The summed E-state index contributed by atoms with van der Waals surface area (Å²) in [5, 5.41) is 7.95. The van der Waals surface area contributed by atoms with Crippen LogP contribution in [0.5, 0.6) is 0 Å². The molecule has 8 heteroatoms. The third kappa shape index (κ3) is 5.63. The van der Waals surface area contributed by atoms with Gasteiger partial charge in [-0.05, 0) is 31.7 Å². The second-order valence-corrected chi connectivity index (χ2v) is 8.20. The van der Waals surface area contributed by atoms with Gasteiger partial charge in [0.1, 0.15) is 0 Å². The topological polar surface area (TPSA) is 79.6 Å². The molecule has 1 atom stereocenters. The van der Waals surface area contributed by atoms with E-state index in [2.05, 4.69) is 34.5 Å². The number of benzene rings is 1. The van der Waals surface area contributed by atoms with E-state index >= 15 is 0 Å². The molecule has 0 saturated carbocycles. The minimum atomic E-state index is -0.187. The van der Waals surface area contributed by atoms with Gasteiger partial charge in [-0.1, -0.05) is 55.0 Å². The molecule has 1 aromatic carbocycles. The molecule has 154 valence electrons. The number of fused-ring (bicyclic) bond motifs is 1. The fraction of sp³-hybridized carbons (Fsp3) is 0.429. The number of nitrogens with zero attached hydrogens (tertiary/aromatic N) is 4. The van der Waals surface area contributed by atoms with Crippen molar-refractivity contribution in [1.29, 1.82) is 0 Å². The fourth-order valence-corrected chi connectivity index (χ4v) is 3.97.